The van der Waals surface area contributed by atoms with E-state index in [9.17, 15) is 13.8 Å². The van der Waals surface area contributed by atoms with Gasteiger partial charge in [-0.3, -0.25) is 13.8 Å². The number of fused-ring (bicyclic) bond motifs is 8. The van der Waals surface area contributed by atoms with Crippen LogP contribution in [0.1, 0.15) is 34.7 Å². The number of aryl methyl sites for hydroxylation is 2. The molecule has 3 unspecified atom stereocenters. The molecule has 5 atom stereocenters. The van der Waals surface area contributed by atoms with Gasteiger partial charge in [0.05, 0.1) is 120 Å². The Kier molecular flexibility index (Phi) is 12.4. The average molecular weight is 732 g/mol. The van der Waals surface area contributed by atoms with E-state index in [1.54, 1.807) is 23.5 Å². The van der Waals surface area contributed by atoms with E-state index in [1.807, 2.05) is 32.0 Å². The van der Waals surface area contributed by atoms with Gasteiger partial charge in [0.15, 0.2) is 0 Å². The number of hydrogen-bond acceptors (Lipinski definition) is 11. The smallest absolute Gasteiger partial charge is 0.239 e. The molecule has 2 bridgehead atoms. The number of carbonyl (C=O) groups is 2. The van der Waals surface area contributed by atoms with Crippen molar-refractivity contribution >= 4 is 39.6 Å². The second kappa shape index (κ2) is 16.6. The largest absolute Gasteiger partial charge is 0.377 e. The molecule has 2 aromatic rings. The summed E-state index contributed by atoms with van der Waals surface area (Å²) in [5.41, 5.74) is 4.53. The maximum Gasteiger partial charge on any atom is 0.239 e. The molecule has 0 spiro atoms. The molecule has 274 valence electrons. The van der Waals surface area contributed by atoms with Gasteiger partial charge in [0, 0.05) is 20.6 Å². The van der Waals surface area contributed by atoms with E-state index in [0.29, 0.717) is 98.0 Å². The minimum absolute atomic E-state index is 0.190. The van der Waals surface area contributed by atoms with Crippen molar-refractivity contribution in [3.63, 3.8) is 0 Å². The van der Waals surface area contributed by atoms with Crippen molar-refractivity contribution in [2.75, 3.05) is 90.8 Å². The number of nitrogens with zero attached hydrogens (tertiary/aromatic N) is 1. The van der Waals surface area contributed by atoms with Crippen LogP contribution in [0.5, 0.6) is 0 Å². The molecular formula is C37H49NO10S2. The summed E-state index contributed by atoms with van der Waals surface area (Å²) >= 11 is 1.71. The number of anilines is 1. The van der Waals surface area contributed by atoms with Crippen molar-refractivity contribution in [3.05, 3.63) is 62.4 Å². The Morgan fingerprint density at radius 1 is 0.620 bits per heavy atom. The van der Waals surface area contributed by atoms with Crippen molar-refractivity contribution < 1.29 is 47.0 Å². The van der Waals surface area contributed by atoms with Crippen molar-refractivity contribution in [2.45, 2.75) is 50.2 Å². The molecule has 11 nitrogen and oxygen atoms in total. The van der Waals surface area contributed by atoms with Gasteiger partial charge in [-0.05, 0) is 68.5 Å². The summed E-state index contributed by atoms with van der Waals surface area (Å²) in [6.45, 7) is 13.9. The molecule has 4 aliphatic rings. The fourth-order valence-electron chi connectivity index (χ4n) is 7.93. The number of para-hydroxylation sites is 1. The van der Waals surface area contributed by atoms with Crippen molar-refractivity contribution in [3.8, 4) is 0 Å². The molecule has 1 aromatic heterocycles. The van der Waals surface area contributed by atoms with Gasteiger partial charge in [0.25, 0.3) is 0 Å². The molecule has 2 fully saturated rings. The number of rotatable bonds is 1. The van der Waals surface area contributed by atoms with Crippen molar-refractivity contribution in [1.82, 2.24) is 0 Å². The summed E-state index contributed by atoms with van der Waals surface area (Å²) in [5.74, 6) is -2.08. The van der Waals surface area contributed by atoms with Crippen LogP contribution in [0.25, 0.3) is 0 Å². The van der Waals surface area contributed by atoms with Crippen molar-refractivity contribution in [1.29, 1.82) is 0 Å². The van der Waals surface area contributed by atoms with Crippen LogP contribution in [0.4, 0.5) is 5.69 Å². The minimum atomic E-state index is -1.55. The van der Waals surface area contributed by atoms with Gasteiger partial charge in [-0.1, -0.05) is 18.2 Å². The summed E-state index contributed by atoms with van der Waals surface area (Å²) in [7, 11) is -1.55. The molecule has 0 aliphatic carbocycles. The number of imide groups is 1. The summed E-state index contributed by atoms with van der Waals surface area (Å²) in [5, 5.41) is 0. The van der Waals surface area contributed by atoms with Gasteiger partial charge < -0.3 is 33.2 Å². The van der Waals surface area contributed by atoms with Gasteiger partial charge in [0.1, 0.15) is 0 Å². The number of benzene rings is 1. The number of hydrogen-bond donors (Lipinski definition) is 0. The highest BCUT2D eigenvalue weighted by Gasteiger charge is 2.78. The van der Waals surface area contributed by atoms with Gasteiger partial charge in [0.2, 0.25) is 11.8 Å². The first-order valence-corrected chi connectivity index (χ1v) is 19.4. The fourth-order valence-corrected chi connectivity index (χ4v) is 11.7. The fraction of sp³-hybridized carbons (Fsp3) is 0.622. The normalized spacial score (nSPS) is 31.4. The van der Waals surface area contributed by atoms with E-state index in [4.69, 9.17) is 33.2 Å². The van der Waals surface area contributed by atoms with E-state index in [0.717, 1.165) is 32.0 Å². The maximum absolute atomic E-state index is 14.7. The predicted octanol–water partition coefficient (Wildman–Crippen LogP) is 3.93. The number of amides is 2. The second-order valence-electron chi connectivity index (χ2n) is 13.3. The third-order valence-corrected chi connectivity index (χ3v) is 14.1. The number of thiophene rings is 1. The quantitative estimate of drug-likeness (QED) is 0.316. The Bertz CT molecular complexity index is 1580. The molecule has 2 saturated heterocycles. The molecule has 0 N–H and O–H groups in total. The standard InChI is InChI=1S/C37H49NO10S2/c1-25-28-22-30-31(37(4)33-32(36(30,3)50(37)41)34(39)38(35(33)40)27-8-6-5-7-9-27)24-48-21-19-46-17-15-44-13-11-42-10-12-43-14-16-45-18-20-47-23-29(28)26(2)49-25/h5-9,32-33H,10-24H2,1-4H3/t32?,33?,36-,37+,50?/m1/s1. The highest BCUT2D eigenvalue weighted by atomic mass is 32.2. The van der Waals surface area contributed by atoms with E-state index in [-0.39, 0.29) is 18.4 Å². The lowest BCUT2D eigenvalue weighted by Crippen LogP contribution is -2.44. The Morgan fingerprint density at radius 3 is 1.54 bits per heavy atom. The zero-order valence-electron chi connectivity index (χ0n) is 29.5. The molecule has 5 heterocycles. The first kappa shape index (κ1) is 37.4. The van der Waals surface area contributed by atoms with Crippen LogP contribution >= 0.6 is 11.3 Å². The van der Waals surface area contributed by atoms with Gasteiger partial charge in [-0.15, -0.1) is 11.3 Å². The monoisotopic (exact) mass is 731 g/mol. The molecule has 0 radical (unpaired) electrons. The maximum atomic E-state index is 14.7. The van der Waals surface area contributed by atoms with E-state index in [1.165, 1.54) is 4.90 Å². The van der Waals surface area contributed by atoms with Crippen LogP contribution in [0.2, 0.25) is 0 Å². The van der Waals surface area contributed by atoms with E-state index in [2.05, 4.69) is 13.8 Å². The van der Waals surface area contributed by atoms with Gasteiger partial charge in [-0.2, -0.15) is 0 Å². The Labute approximate surface area is 301 Å². The molecule has 1 aromatic carbocycles. The summed E-state index contributed by atoms with van der Waals surface area (Å²) in [4.78, 5) is 32.1. The molecule has 4 aliphatic heterocycles. The summed E-state index contributed by atoms with van der Waals surface area (Å²) in [6.07, 6.45) is 0.493. The SMILES string of the molecule is Cc1sc(C)c2c1COCCOCCOCCOCCOCCOCCOCC1=C(C2)[C@]2(C)C3C(=O)N(c4ccccc4)C(=O)C3[C@@]1(C)S2=O. The summed E-state index contributed by atoms with van der Waals surface area (Å²) < 4.78 is 53.1. The highest BCUT2D eigenvalue weighted by molar-refractivity contribution is 7.89. The number of ether oxygens (including phenoxy) is 7. The lowest BCUT2D eigenvalue weighted by molar-refractivity contribution is -0.122. The molecule has 13 heteroatoms. The Morgan fingerprint density at radius 2 is 1.04 bits per heavy atom. The van der Waals surface area contributed by atoms with Crippen LogP contribution in [-0.2, 0) is 66.6 Å². The van der Waals surface area contributed by atoms with Crippen LogP contribution < -0.4 is 4.90 Å². The second-order valence-corrected chi connectivity index (χ2v) is 16.9. The first-order valence-electron chi connectivity index (χ1n) is 17.4. The van der Waals surface area contributed by atoms with Crippen molar-refractivity contribution in [2.24, 2.45) is 11.8 Å². The third-order valence-electron chi connectivity index (χ3n) is 10.4. The topological polar surface area (TPSA) is 119 Å². The average Bonchev–Trinajstić information content (AvgIpc) is 3.65. The molecule has 50 heavy (non-hydrogen) atoms. The van der Waals surface area contributed by atoms with E-state index >= 15 is 0 Å². The summed E-state index contributed by atoms with van der Waals surface area (Å²) in [6, 6.07) is 9.04. The lowest BCUT2D eigenvalue weighted by Gasteiger charge is -2.35. The van der Waals surface area contributed by atoms with Crippen LogP contribution in [0, 0.1) is 25.7 Å². The lowest BCUT2D eigenvalue weighted by atomic mass is 9.64. The molecule has 6 rings (SSSR count). The Hall–Kier alpha value is -2.33. The van der Waals surface area contributed by atoms with Gasteiger partial charge >= 0.3 is 0 Å². The molecule has 2 amide bonds. The van der Waals surface area contributed by atoms with Gasteiger partial charge in [-0.25, -0.2) is 4.90 Å². The van der Waals surface area contributed by atoms with E-state index < -0.39 is 32.1 Å². The minimum Gasteiger partial charge on any atom is -0.377 e. The van der Waals surface area contributed by atoms with Crippen LogP contribution in [-0.4, -0.2) is 111 Å². The van der Waals surface area contributed by atoms with Crippen LogP contribution in [0.15, 0.2) is 41.5 Å². The zero-order chi connectivity index (χ0) is 35.3. The van der Waals surface area contributed by atoms with Crippen LogP contribution in [0.3, 0.4) is 0 Å². The molecule has 0 saturated carbocycles. The Balaban J connectivity index is 1.28. The third kappa shape index (κ3) is 7.05. The molecular weight excluding hydrogens is 683 g/mol. The first-order chi connectivity index (χ1) is 24.2. The zero-order valence-corrected chi connectivity index (χ0v) is 31.1. The predicted molar refractivity (Wildman–Crippen MR) is 190 cm³/mol. The number of carbonyl (C=O) groups excluding carboxylic acids is 2. The highest BCUT2D eigenvalue weighted by Crippen LogP contribution is 2.66.